The van der Waals surface area contributed by atoms with E-state index in [1.165, 1.54) is 0 Å². The van der Waals surface area contributed by atoms with Gasteiger partial charge in [0.2, 0.25) is 0 Å². The highest BCUT2D eigenvalue weighted by Gasteiger charge is 2.21. The highest BCUT2D eigenvalue weighted by Crippen LogP contribution is 2.33. The van der Waals surface area contributed by atoms with Crippen molar-refractivity contribution < 1.29 is 0 Å². The molecule has 0 aliphatic rings. The number of aromatic nitrogens is 4. The fourth-order valence-electron chi connectivity index (χ4n) is 1.69. The number of rotatable bonds is 2. The third-order valence-corrected chi connectivity index (χ3v) is 4.42. The van der Waals surface area contributed by atoms with Crippen molar-refractivity contribution in [2.75, 3.05) is 0 Å². The number of hydrogen-bond acceptors (Lipinski definition) is 4. The summed E-state index contributed by atoms with van der Waals surface area (Å²) in [6, 6.07) is 2.04. The van der Waals surface area contributed by atoms with Crippen molar-refractivity contribution in [1.82, 2.24) is 19.7 Å². The van der Waals surface area contributed by atoms with Gasteiger partial charge in [0, 0.05) is 18.0 Å². The molecule has 0 aromatic carbocycles. The SMILES string of the molecule is Cc1cc(Sc2nc(C(C)(C)C)nc(Cl)c2C)n(C)n1. The van der Waals surface area contributed by atoms with Gasteiger partial charge in [-0.2, -0.15) is 5.10 Å². The Morgan fingerprint density at radius 3 is 2.35 bits per heavy atom. The summed E-state index contributed by atoms with van der Waals surface area (Å²) in [5.74, 6) is 0.759. The van der Waals surface area contributed by atoms with Gasteiger partial charge in [-0.05, 0) is 31.7 Å². The molecular weight excluding hydrogens is 292 g/mol. The molecule has 2 heterocycles. The first kappa shape index (κ1) is 15.3. The van der Waals surface area contributed by atoms with E-state index in [9.17, 15) is 0 Å². The van der Waals surface area contributed by atoms with Crippen LogP contribution in [0.3, 0.4) is 0 Å². The van der Waals surface area contributed by atoms with Gasteiger partial charge in [0.1, 0.15) is 21.0 Å². The van der Waals surface area contributed by atoms with Crippen LogP contribution in [0.1, 0.15) is 37.9 Å². The van der Waals surface area contributed by atoms with Gasteiger partial charge in [-0.3, -0.25) is 4.68 Å². The van der Waals surface area contributed by atoms with Crippen LogP contribution in [0.4, 0.5) is 0 Å². The normalized spacial score (nSPS) is 11.9. The van der Waals surface area contributed by atoms with Crippen molar-refractivity contribution in [3.63, 3.8) is 0 Å². The molecule has 4 nitrogen and oxygen atoms in total. The van der Waals surface area contributed by atoms with E-state index in [-0.39, 0.29) is 5.41 Å². The minimum atomic E-state index is -0.130. The molecule has 0 atom stereocenters. The molecule has 20 heavy (non-hydrogen) atoms. The Hall–Kier alpha value is -1.07. The zero-order valence-corrected chi connectivity index (χ0v) is 14.2. The molecule has 0 aliphatic carbocycles. The highest BCUT2D eigenvalue weighted by atomic mass is 35.5. The highest BCUT2D eigenvalue weighted by molar-refractivity contribution is 7.99. The third-order valence-electron chi connectivity index (χ3n) is 2.87. The van der Waals surface area contributed by atoms with E-state index < -0.39 is 0 Å². The molecule has 2 rings (SSSR count). The molecule has 0 amide bonds. The van der Waals surface area contributed by atoms with Crippen LogP contribution < -0.4 is 0 Å². The summed E-state index contributed by atoms with van der Waals surface area (Å²) in [5.41, 5.74) is 1.77. The third kappa shape index (κ3) is 3.15. The zero-order chi connectivity index (χ0) is 15.1. The van der Waals surface area contributed by atoms with Gasteiger partial charge >= 0.3 is 0 Å². The van der Waals surface area contributed by atoms with Gasteiger partial charge in [0.25, 0.3) is 0 Å². The minimum absolute atomic E-state index is 0.130. The molecule has 2 aromatic heterocycles. The summed E-state index contributed by atoms with van der Waals surface area (Å²) in [6.45, 7) is 10.2. The molecule has 0 radical (unpaired) electrons. The van der Waals surface area contributed by atoms with Gasteiger partial charge in [-0.25, -0.2) is 9.97 Å². The van der Waals surface area contributed by atoms with E-state index in [1.807, 2.05) is 31.6 Å². The second-order valence-electron chi connectivity index (χ2n) is 5.87. The van der Waals surface area contributed by atoms with Gasteiger partial charge < -0.3 is 0 Å². The maximum absolute atomic E-state index is 6.25. The maximum atomic E-state index is 6.25. The van der Waals surface area contributed by atoms with Gasteiger partial charge in [0.05, 0.1) is 5.69 Å². The van der Waals surface area contributed by atoms with Crippen LogP contribution in [-0.4, -0.2) is 19.7 Å². The lowest BCUT2D eigenvalue weighted by molar-refractivity contribution is 0.537. The predicted octanol–water partition coefficient (Wildman–Crippen LogP) is 3.93. The Morgan fingerprint density at radius 1 is 1.20 bits per heavy atom. The fraction of sp³-hybridized carbons (Fsp3) is 0.500. The molecule has 6 heteroatoms. The second-order valence-corrected chi connectivity index (χ2v) is 7.23. The van der Waals surface area contributed by atoms with Crippen LogP contribution in [0.25, 0.3) is 0 Å². The van der Waals surface area contributed by atoms with E-state index in [4.69, 9.17) is 11.6 Å². The molecule has 0 spiro atoms. The average molecular weight is 311 g/mol. The monoisotopic (exact) mass is 310 g/mol. The van der Waals surface area contributed by atoms with E-state index in [2.05, 4.69) is 35.8 Å². The molecule has 0 fully saturated rings. The van der Waals surface area contributed by atoms with Crippen LogP contribution in [0.2, 0.25) is 5.15 Å². The van der Waals surface area contributed by atoms with E-state index >= 15 is 0 Å². The first-order valence-corrected chi connectivity index (χ1v) is 7.61. The minimum Gasteiger partial charge on any atom is -0.261 e. The number of aryl methyl sites for hydroxylation is 2. The van der Waals surface area contributed by atoms with Crippen LogP contribution in [0.5, 0.6) is 0 Å². The standard InChI is InChI=1S/C14H19ClN4S/c1-8-7-10(19(6)18-8)20-12-9(2)11(15)16-13(17-12)14(3,4)5/h7H,1-6H3. The first-order chi connectivity index (χ1) is 9.18. The van der Waals surface area contributed by atoms with Crippen LogP contribution in [0, 0.1) is 13.8 Å². The molecule has 0 saturated heterocycles. The van der Waals surface area contributed by atoms with Crippen molar-refractivity contribution in [3.05, 3.63) is 28.3 Å². The van der Waals surface area contributed by atoms with Gasteiger partial charge in [0.15, 0.2) is 0 Å². The Bertz CT molecular complexity index is 643. The molecule has 0 N–H and O–H groups in total. The molecular formula is C14H19ClN4S. The smallest absolute Gasteiger partial charge is 0.136 e. The van der Waals surface area contributed by atoms with E-state index in [0.717, 1.165) is 27.1 Å². The molecule has 2 aromatic rings. The maximum Gasteiger partial charge on any atom is 0.136 e. The Kier molecular flexibility index (Phi) is 4.12. The second kappa shape index (κ2) is 5.37. The molecule has 108 valence electrons. The van der Waals surface area contributed by atoms with Crippen molar-refractivity contribution in [2.24, 2.45) is 7.05 Å². The van der Waals surface area contributed by atoms with Gasteiger partial charge in [-0.1, -0.05) is 32.4 Å². The number of hydrogen-bond donors (Lipinski definition) is 0. The molecule has 0 saturated carbocycles. The number of nitrogens with zero attached hydrogens (tertiary/aromatic N) is 4. The lowest BCUT2D eigenvalue weighted by Gasteiger charge is -2.18. The Balaban J connectivity index is 2.46. The zero-order valence-electron chi connectivity index (χ0n) is 12.7. The number of halogens is 1. The van der Waals surface area contributed by atoms with Crippen molar-refractivity contribution in [1.29, 1.82) is 0 Å². The van der Waals surface area contributed by atoms with Crippen molar-refractivity contribution in [2.45, 2.75) is 50.1 Å². The van der Waals surface area contributed by atoms with Gasteiger partial charge in [-0.15, -0.1) is 0 Å². The first-order valence-electron chi connectivity index (χ1n) is 6.41. The topological polar surface area (TPSA) is 43.6 Å². The summed E-state index contributed by atoms with van der Waals surface area (Å²) in [6.07, 6.45) is 0. The fourth-order valence-corrected chi connectivity index (χ4v) is 2.89. The Morgan fingerprint density at radius 2 is 1.85 bits per heavy atom. The largest absolute Gasteiger partial charge is 0.261 e. The predicted molar refractivity (Wildman–Crippen MR) is 82.5 cm³/mol. The molecule has 0 bridgehead atoms. The van der Waals surface area contributed by atoms with Crippen molar-refractivity contribution in [3.8, 4) is 0 Å². The summed E-state index contributed by atoms with van der Waals surface area (Å²) < 4.78 is 1.85. The van der Waals surface area contributed by atoms with Crippen molar-refractivity contribution >= 4 is 23.4 Å². The van der Waals surface area contributed by atoms with E-state index in [0.29, 0.717) is 5.15 Å². The van der Waals surface area contributed by atoms with Crippen LogP contribution >= 0.6 is 23.4 Å². The average Bonchev–Trinajstić information content (AvgIpc) is 2.62. The van der Waals surface area contributed by atoms with E-state index in [1.54, 1.807) is 11.8 Å². The van der Waals surface area contributed by atoms with Crippen LogP contribution in [0.15, 0.2) is 16.1 Å². The molecule has 0 unspecified atom stereocenters. The quantitative estimate of drug-likeness (QED) is 0.788. The van der Waals surface area contributed by atoms with Crippen LogP contribution in [-0.2, 0) is 12.5 Å². The lowest BCUT2D eigenvalue weighted by Crippen LogP contribution is -2.17. The summed E-state index contributed by atoms with van der Waals surface area (Å²) >= 11 is 7.82. The lowest BCUT2D eigenvalue weighted by atomic mass is 9.96. The molecule has 0 aliphatic heterocycles. The Labute approximate surface area is 129 Å². The summed E-state index contributed by atoms with van der Waals surface area (Å²) in [7, 11) is 1.93. The summed E-state index contributed by atoms with van der Waals surface area (Å²) in [4.78, 5) is 9.07. The summed E-state index contributed by atoms with van der Waals surface area (Å²) in [5, 5.41) is 6.80.